The van der Waals surface area contributed by atoms with Crippen LogP contribution in [0.4, 0.5) is 0 Å². The first-order chi connectivity index (χ1) is 14.1. The number of allylic oxidation sites excluding steroid dienone is 1. The van der Waals surface area contributed by atoms with Gasteiger partial charge in [0.25, 0.3) is 0 Å². The smallest absolute Gasteiger partial charge is 0.335 e. The molecule has 0 aliphatic heterocycles. The minimum atomic E-state index is -0.534. The Labute approximate surface area is 179 Å². The van der Waals surface area contributed by atoms with E-state index in [4.69, 9.17) is 10.5 Å². The summed E-state index contributed by atoms with van der Waals surface area (Å²) in [6.07, 6.45) is 21.7. The van der Waals surface area contributed by atoms with Gasteiger partial charge in [0, 0.05) is 12.5 Å². The van der Waals surface area contributed by atoms with Crippen LogP contribution in [0.15, 0.2) is 24.0 Å². The quantitative estimate of drug-likeness (QED) is 0.101. The number of esters is 1. The standard InChI is InChI=1S/C25H45NO3/c1-4-7-8-9-10-11-12-13-14-15-16-17-18-19-20-21-23(29-24(27)6-3)22(5-2)25(26)28/h6H,3-5,7-21H2,1-2H3,(H2,26,28). The van der Waals surface area contributed by atoms with Crippen LogP contribution in [0.5, 0.6) is 0 Å². The number of carbonyl (C=O) groups excluding carboxylic acids is 2. The van der Waals surface area contributed by atoms with E-state index in [0.717, 1.165) is 18.9 Å². The maximum absolute atomic E-state index is 11.5. The van der Waals surface area contributed by atoms with Crippen molar-refractivity contribution in [1.82, 2.24) is 0 Å². The summed E-state index contributed by atoms with van der Waals surface area (Å²) in [6.45, 7) is 7.51. The molecule has 4 nitrogen and oxygen atoms in total. The van der Waals surface area contributed by atoms with Crippen LogP contribution in [0.25, 0.3) is 0 Å². The maximum atomic E-state index is 11.5. The molecule has 0 fully saturated rings. The number of primary amides is 1. The molecule has 0 saturated heterocycles. The van der Waals surface area contributed by atoms with Crippen LogP contribution in [-0.2, 0) is 14.3 Å². The van der Waals surface area contributed by atoms with Crippen LogP contribution in [0.1, 0.15) is 123 Å². The molecule has 0 saturated carbocycles. The van der Waals surface area contributed by atoms with Crippen molar-refractivity contribution in [2.45, 2.75) is 123 Å². The average Bonchev–Trinajstić information content (AvgIpc) is 2.70. The second-order valence-electron chi connectivity index (χ2n) is 7.94. The molecule has 0 bridgehead atoms. The molecule has 2 N–H and O–H groups in total. The van der Waals surface area contributed by atoms with Gasteiger partial charge in [-0.05, 0) is 12.8 Å². The molecule has 168 valence electrons. The molecule has 0 atom stereocenters. The summed E-state index contributed by atoms with van der Waals surface area (Å²) < 4.78 is 5.25. The van der Waals surface area contributed by atoms with E-state index < -0.39 is 11.9 Å². The third-order valence-electron chi connectivity index (χ3n) is 5.39. The van der Waals surface area contributed by atoms with Crippen molar-refractivity contribution in [3.8, 4) is 0 Å². The van der Waals surface area contributed by atoms with Gasteiger partial charge in [-0.2, -0.15) is 0 Å². The number of amides is 1. The van der Waals surface area contributed by atoms with Crippen LogP contribution in [-0.4, -0.2) is 11.9 Å². The molecule has 4 heteroatoms. The van der Waals surface area contributed by atoms with Gasteiger partial charge in [-0.25, -0.2) is 4.79 Å². The summed E-state index contributed by atoms with van der Waals surface area (Å²) in [5.41, 5.74) is 5.82. The number of ether oxygens (including phenoxy) is 1. The van der Waals surface area contributed by atoms with Crippen molar-refractivity contribution in [1.29, 1.82) is 0 Å². The van der Waals surface area contributed by atoms with Crippen LogP contribution in [0.3, 0.4) is 0 Å². The van der Waals surface area contributed by atoms with Crippen molar-refractivity contribution in [3.63, 3.8) is 0 Å². The van der Waals surface area contributed by atoms with Crippen LogP contribution in [0, 0.1) is 0 Å². The largest absolute Gasteiger partial charge is 0.427 e. The zero-order valence-electron chi connectivity index (χ0n) is 19.1. The molecular weight excluding hydrogens is 362 g/mol. The Morgan fingerprint density at radius 1 is 0.759 bits per heavy atom. The van der Waals surface area contributed by atoms with E-state index in [2.05, 4.69) is 13.5 Å². The fraction of sp³-hybridized carbons (Fsp3) is 0.760. The Kier molecular flexibility index (Phi) is 18.6. The van der Waals surface area contributed by atoms with Crippen molar-refractivity contribution in [2.75, 3.05) is 0 Å². The Balaban J connectivity index is 3.76. The Hall–Kier alpha value is -1.58. The van der Waals surface area contributed by atoms with Gasteiger partial charge >= 0.3 is 5.97 Å². The molecule has 0 spiro atoms. The highest BCUT2D eigenvalue weighted by Gasteiger charge is 2.14. The van der Waals surface area contributed by atoms with Gasteiger partial charge in [0.05, 0.1) is 5.57 Å². The van der Waals surface area contributed by atoms with Crippen molar-refractivity contribution >= 4 is 11.9 Å². The number of unbranched alkanes of at least 4 members (excludes halogenated alkanes) is 14. The van der Waals surface area contributed by atoms with E-state index in [-0.39, 0.29) is 0 Å². The summed E-state index contributed by atoms with van der Waals surface area (Å²) in [7, 11) is 0. The highest BCUT2D eigenvalue weighted by molar-refractivity contribution is 5.93. The minimum Gasteiger partial charge on any atom is -0.427 e. The second kappa shape index (κ2) is 19.7. The van der Waals surface area contributed by atoms with Crippen molar-refractivity contribution < 1.29 is 14.3 Å². The molecule has 0 unspecified atom stereocenters. The van der Waals surface area contributed by atoms with Crippen LogP contribution < -0.4 is 5.73 Å². The first-order valence-corrected chi connectivity index (χ1v) is 11.9. The van der Waals surface area contributed by atoms with Gasteiger partial charge in [0.15, 0.2) is 0 Å². The maximum Gasteiger partial charge on any atom is 0.335 e. The average molecular weight is 408 g/mol. The first-order valence-electron chi connectivity index (χ1n) is 11.9. The van der Waals surface area contributed by atoms with Crippen LogP contribution >= 0.6 is 0 Å². The fourth-order valence-electron chi connectivity index (χ4n) is 3.59. The minimum absolute atomic E-state index is 0.408. The van der Waals surface area contributed by atoms with E-state index in [0.29, 0.717) is 24.2 Å². The molecule has 0 aromatic rings. The molecule has 0 heterocycles. The van der Waals surface area contributed by atoms with E-state index in [9.17, 15) is 9.59 Å². The monoisotopic (exact) mass is 407 g/mol. The molecule has 29 heavy (non-hydrogen) atoms. The lowest BCUT2D eigenvalue weighted by molar-refractivity contribution is -0.134. The SMILES string of the molecule is C=CC(=O)OC(CCCCCCCCCCCCCCCCC)=C(CC)C(N)=O. The Morgan fingerprint density at radius 2 is 1.17 bits per heavy atom. The second-order valence-corrected chi connectivity index (χ2v) is 7.94. The zero-order chi connectivity index (χ0) is 21.7. The van der Waals surface area contributed by atoms with Crippen molar-refractivity contribution in [2.24, 2.45) is 5.73 Å². The molecule has 0 aromatic carbocycles. The van der Waals surface area contributed by atoms with Crippen molar-refractivity contribution in [3.05, 3.63) is 24.0 Å². The molecular formula is C25H45NO3. The highest BCUT2D eigenvalue weighted by atomic mass is 16.5. The summed E-state index contributed by atoms with van der Waals surface area (Å²) >= 11 is 0. The normalized spacial score (nSPS) is 11.8. The van der Waals surface area contributed by atoms with E-state index in [1.54, 1.807) is 0 Å². The number of rotatable bonds is 20. The van der Waals surface area contributed by atoms with E-state index in [1.807, 2.05) is 6.92 Å². The molecule has 0 aromatic heterocycles. The van der Waals surface area contributed by atoms with Gasteiger partial charge in [-0.1, -0.05) is 110 Å². The molecule has 0 radical (unpaired) electrons. The summed E-state index contributed by atoms with van der Waals surface area (Å²) in [4.78, 5) is 23.0. The van der Waals surface area contributed by atoms with E-state index in [1.165, 1.54) is 83.5 Å². The van der Waals surface area contributed by atoms with Gasteiger partial charge in [-0.3, -0.25) is 4.79 Å². The number of hydrogen-bond donors (Lipinski definition) is 1. The molecule has 0 rings (SSSR count). The van der Waals surface area contributed by atoms with E-state index >= 15 is 0 Å². The predicted molar refractivity (Wildman–Crippen MR) is 122 cm³/mol. The lowest BCUT2D eigenvalue weighted by atomic mass is 10.0. The topological polar surface area (TPSA) is 69.4 Å². The van der Waals surface area contributed by atoms with Gasteiger partial charge < -0.3 is 10.5 Å². The van der Waals surface area contributed by atoms with Gasteiger partial charge in [-0.15, -0.1) is 0 Å². The molecule has 1 amide bonds. The summed E-state index contributed by atoms with van der Waals surface area (Å²) in [6, 6.07) is 0. The number of hydrogen-bond acceptors (Lipinski definition) is 3. The third-order valence-corrected chi connectivity index (χ3v) is 5.39. The highest BCUT2D eigenvalue weighted by Crippen LogP contribution is 2.19. The van der Waals surface area contributed by atoms with Crippen LogP contribution in [0.2, 0.25) is 0 Å². The fourth-order valence-corrected chi connectivity index (χ4v) is 3.59. The molecule has 0 aliphatic carbocycles. The number of carbonyl (C=O) groups is 2. The van der Waals surface area contributed by atoms with Gasteiger partial charge in [0.2, 0.25) is 5.91 Å². The third kappa shape index (κ3) is 16.0. The summed E-state index contributed by atoms with van der Waals surface area (Å²) in [5, 5.41) is 0. The first kappa shape index (κ1) is 27.4. The summed E-state index contributed by atoms with van der Waals surface area (Å²) in [5.74, 6) is -0.631. The lowest BCUT2D eigenvalue weighted by Crippen LogP contribution is -2.17. The molecule has 0 aliphatic rings. The van der Waals surface area contributed by atoms with Gasteiger partial charge in [0.1, 0.15) is 5.76 Å². The Bertz CT molecular complexity index is 482. The number of nitrogens with two attached hydrogens (primary N) is 1. The zero-order valence-corrected chi connectivity index (χ0v) is 19.1. The Morgan fingerprint density at radius 3 is 1.52 bits per heavy atom. The lowest BCUT2D eigenvalue weighted by Gasteiger charge is -2.11. The predicted octanol–water partition coefficient (Wildman–Crippen LogP) is 7.13.